The summed E-state index contributed by atoms with van der Waals surface area (Å²) < 4.78 is 80.5. The van der Waals surface area contributed by atoms with Crippen molar-refractivity contribution >= 4 is 128 Å². The van der Waals surface area contributed by atoms with Crippen molar-refractivity contribution in [1.82, 2.24) is 49.7 Å². The monoisotopic (exact) mass is 1710 g/mol. The van der Waals surface area contributed by atoms with E-state index in [0.29, 0.717) is 113 Å². The van der Waals surface area contributed by atoms with Gasteiger partial charge in [-0.3, -0.25) is 9.59 Å². The van der Waals surface area contributed by atoms with E-state index in [9.17, 15) is 19.2 Å². The SMILES string of the molecule is CC(C)(C)OC(=O)NCC1CCN(c2c(F)cccc2NC(=O)c2nc(Br)cn2COCC[Si](C)(C)C)CC1.CC1(C)OB(B2OC(C)(C)C(C)(C)O2)OC1(C)C.Cc1nc(Cl)cc(-c2cn(COCC[Si](C)(C)C)c(C(=O)Nc3cccc(F)c3N3CCC(CNC(=O)OC(C)(C)C)CC3)n2)n1.Cc1nc(Cl)cc(Cl)n1. The zero-order valence-corrected chi connectivity index (χ0v) is 74.9. The molecule has 4 N–H and O–H groups in total. The number of hydrogen-bond acceptors (Lipinski definition) is 20. The van der Waals surface area contributed by atoms with E-state index in [4.69, 9.17) is 72.4 Å². The van der Waals surface area contributed by atoms with E-state index in [0.717, 1.165) is 37.8 Å². The van der Waals surface area contributed by atoms with Crippen molar-refractivity contribution in [3.63, 3.8) is 0 Å². The third kappa shape index (κ3) is 28.5. The van der Waals surface area contributed by atoms with Crippen LogP contribution in [0.4, 0.5) is 41.1 Å². The topological polar surface area (TPSA) is 284 Å². The van der Waals surface area contributed by atoms with Crippen LogP contribution in [0, 0.1) is 37.3 Å². The Labute approximate surface area is 685 Å². The molecule has 0 spiro atoms. The predicted molar refractivity (Wildman–Crippen MR) is 447 cm³/mol. The van der Waals surface area contributed by atoms with Gasteiger partial charge in [-0.2, -0.15) is 0 Å². The minimum atomic E-state index is -1.32. The number of imidazole rings is 2. The number of aromatic nitrogens is 8. The highest BCUT2D eigenvalue weighted by Gasteiger charge is 2.64. The number of hydrogen-bond donors (Lipinski definition) is 4. The van der Waals surface area contributed by atoms with Gasteiger partial charge in [0.1, 0.15) is 73.7 Å². The molecule has 36 heteroatoms. The van der Waals surface area contributed by atoms with E-state index in [1.165, 1.54) is 18.2 Å². The Bertz CT molecular complexity index is 4050. The van der Waals surface area contributed by atoms with Crippen molar-refractivity contribution in [2.24, 2.45) is 11.8 Å². The fourth-order valence-corrected chi connectivity index (χ4v) is 14.4. The minimum absolute atomic E-state index is 0.0949. The molecule has 0 bridgehead atoms. The maximum atomic E-state index is 15.3. The normalized spacial score (nSPS) is 17.0. The number of benzene rings is 2. The molecule has 8 heterocycles. The van der Waals surface area contributed by atoms with Crippen LogP contribution in [-0.2, 0) is 51.0 Å². The summed E-state index contributed by atoms with van der Waals surface area (Å²) in [5.41, 5.74) is -0.247. The van der Waals surface area contributed by atoms with Crippen molar-refractivity contribution in [3.05, 3.63) is 116 Å². The summed E-state index contributed by atoms with van der Waals surface area (Å²) >= 11 is 20.6. The number of aryl methyl sites for hydroxylation is 2. The summed E-state index contributed by atoms with van der Waals surface area (Å²) in [6.07, 6.45) is 5.52. The summed E-state index contributed by atoms with van der Waals surface area (Å²) in [6.45, 7) is 49.0. The molecule has 0 unspecified atom stereocenters. The van der Waals surface area contributed by atoms with Crippen molar-refractivity contribution in [1.29, 1.82) is 0 Å². The van der Waals surface area contributed by atoms with Gasteiger partial charge in [0.25, 0.3) is 11.8 Å². The summed E-state index contributed by atoms with van der Waals surface area (Å²) in [5.74, 6) is 0.0114. The first-order valence-corrected chi connectivity index (χ1v) is 47.2. The Morgan fingerprint density at radius 3 is 1.26 bits per heavy atom. The first kappa shape index (κ1) is 92.8. The second-order valence-electron chi connectivity index (χ2n) is 34.7. The second kappa shape index (κ2) is 39.1. The number of piperidine rings is 2. The maximum absolute atomic E-state index is 15.3. The maximum Gasteiger partial charge on any atom is 0.488 e. The molecular weight excluding hydrogens is 1600 g/mol. The zero-order chi connectivity index (χ0) is 83.3. The molecule has 6 aromatic rings. The number of alkyl carbamates (subject to hydrolysis) is 2. The fourth-order valence-electron chi connectivity index (χ4n) is 11.8. The molecule has 4 aliphatic rings. The third-order valence-corrected chi connectivity index (χ3v) is 23.6. The van der Waals surface area contributed by atoms with E-state index in [-0.39, 0.29) is 64.5 Å². The molecule has 112 heavy (non-hydrogen) atoms. The lowest BCUT2D eigenvalue weighted by molar-refractivity contribution is 0.00578. The highest BCUT2D eigenvalue weighted by Crippen LogP contribution is 2.44. The predicted octanol–water partition coefficient (Wildman–Crippen LogP) is 17.2. The third-order valence-electron chi connectivity index (χ3n) is 19.2. The first-order valence-electron chi connectivity index (χ1n) is 37.8. The van der Waals surface area contributed by atoms with Gasteiger partial charge in [0.05, 0.1) is 50.8 Å². The molecule has 0 aliphatic carbocycles. The van der Waals surface area contributed by atoms with Gasteiger partial charge in [-0.05, 0) is 201 Å². The summed E-state index contributed by atoms with van der Waals surface area (Å²) in [4.78, 5) is 80.0. The Morgan fingerprint density at radius 2 is 0.902 bits per heavy atom. The lowest BCUT2D eigenvalue weighted by atomic mass is 9.49. The summed E-state index contributed by atoms with van der Waals surface area (Å²) in [5, 5.41) is 12.5. The number of carbonyl (C=O) groups is 4. The smallest absolute Gasteiger partial charge is 0.444 e. The minimum Gasteiger partial charge on any atom is -0.444 e. The van der Waals surface area contributed by atoms with Gasteiger partial charge in [-0.25, -0.2) is 48.3 Å². The van der Waals surface area contributed by atoms with Crippen LogP contribution in [0.5, 0.6) is 0 Å². The highest BCUT2D eigenvalue weighted by atomic mass is 79.9. The molecule has 4 saturated heterocycles. The molecular formula is C76H114B2BrCl3F2N14O12Si2. The number of carbonyl (C=O) groups excluding carboxylic acids is 4. The van der Waals surface area contributed by atoms with Crippen molar-refractivity contribution < 1.29 is 65.5 Å². The Hall–Kier alpha value is -6.37. The lowest BCUT2D eigenvalue weighted by Gasteiger charge is -2.35. The quantitative estimate of drug-likeness (QED) is 0.0279. The average Bonchev–Trinajstić information content (AvgIpc) is 1.59. The van der Waals surface area contributed by atoms with Crippen LogP contribution in [-0.4, -0.2) is 179 Å². The molecule has 4 aromatic heterocycles. The second-order valence-corrected chi connectivity index (χ2v) is 47.9. The molecule has 26 nitrogen and oxygen atoms in total. The van der Waals surface area contributed by atoms with Crippen molar-refractivity contribution in [2.75, 3.05) is 72.9 Å². The van der Waals surface area contributed by atoms with Gasteiger partial charge in [0.15, 0.2) is 0 Å². The van der Waals surface area contributed by atoms with Crippen LogP contribution in [0.1, 0.15) is 156 Å². The molecule has 0 saturated carbocycles. The Kier molecular flexibility index (Phi) is 32.4. The summed E-state index contributed by atoms with van der Waals surface area (Å²) in [7, 11) is -3.50. The molecule has 0 radical (unpaired) electrons. The van der Waals surface area contributed by atoms with Crippen LogP contribution in [0.25, 0.3) is 11.4 Å². The molecule has 4 amide bonds. The van der Waals surface area contributed by atoms with Crippen LogP contribution in [0.15, 0.2) is 65.5 Å². The number of ether oxygens (including phenoxy) is 4. The average molecular weight is 1720 g/mol. The molecule has 10 rings (SSSR count). The van der Waals surface area contributed by atoms with E-state index < -0.39 is 77.0 Å². The van der Waals surface area contributed by atoms with Gasteiger partial charge >= 0.3 is 26.2 Å². The van der Waals surface area contributed by atoms with Gasteiger partial charge in [-0.1, -0.05) is 86.2 Å². The number of amides is 4. The first-order chi connectivity index (χ1) is 51.9. The Balaban J connectivity index is 0.000000235. The number of halogens is 6. The Morgan fingerprint density at radius 1 is 0.545 bits per heavy atom. The van der Waals surface area contributed by atoms with E-state index in [1.807, 2.05) is 107 Å². The molecule has 0 atom stereocenters. The van der Waals surface area contributed by atoms with Gasteiger partial charge < -0.3 is 77.8 Å². The zero-order valence-electron chi connectivity index (χ0n) is 69.0. The molecule has 2 aromatic carbocycles. The number of anilines is 4. The largest absolute Gasteiger partial charge is 0.488 e. The van der Waals surface area contributed by atoms with Gasteiger partial charge in [0.2, 0.25) is 11.6 Å². The number of nitrogens with one attached hydrogen (secondary N) is 4. The van der Waals surface area contributed by atoms with E-state index in [2.05, 4.69) is 106 Å². The number of para-hydroxylation sites is 2. The van der Waals surface area contributed by atoms with Crippen LogP contribution in [0.2, 0.25) is 66.8 Å². The van der Waals surface area contributed by atoms with Crippen LogP contribution < -0.4 is 31.1 Å². The van der Waals surface area contributed by atoms with Crippen molar-refractivity contribution in [2.45, 2.75) is 235 Å². The van der Waals surface area contributed by atoms with Crippen molar-refractivity contribution in [3.8, 4) is 11.4 Å². The molecule has 4 aliphatic heterocycles. The van der Waals surface area contributed by atoms with E-state index >= 15 is 8.78 Å². The molecule has 4 fully saturated rings. The fraction of sp³-hybridized carbons (Fsp3) is 0.605. The van der Waals surface area contributed by atoms with Crippen LogP contribution >= 0.6 is 50.7 Å². The standard InChI is InChI=1S/C32H45ClFN7O4Si.C27H41BrFN5O4Si.C12H24B2O4.C5H4Cl2N2/c1-21-36-25(17-27(33)37-21)26-19-41(20-44-15-16-46(5,6)7)29(38-26)30(42)39-24-10-8-9-23(34)28(24)40-13-11-22(12-14-40)18-35-31(43)45-32(2,3)4;1-27(2,3)38-26(36)30-16-19-10-12-33(13-11-19)23-20(29)8-7-9-21(23)31-25(35)24-32-22(28)17-34(24)18-37-14-15-39(4,5)6;1-9(2)10(3,4)16-13(15-9)14-17-11(5,6)12(7,8)18-14;1-3-8-4(6)2-5(7)9-3/h8-10,17,19,22H,11-16,18,20H2,1-7H3,(H,35,43)(H,39,42);7-9,17,19H,10-16,18H2,1-6H3,(H,30,36)(H,31,35);1-8H3;2H,1H3. The summed E-state index contributed by atoms with van der Waals surface area (Å²) in [6, 6.07) is 14.4. The van der Waals surface area contributed by atoms with Gasteiger partial charge in [-0.15, -0.1) is 0 Å². The highest BCUT2D eigenvalue weighted by molar-refractivity contribution is 9.10. The van der Waals surface area contributed by atoms with Gasteiger partial charge in [0, 0.05) is 93.2 Å². The van der Waals surface area contributed by atoms with Crippen LogP contribution in [0.3, 0.4) is 0 Å². The molecule has 616 valence electrons. The van der Waals surface area contributed by atoms with E-state index in [1.54, 1.807) is 65.7 Å². The lowest BCUT2D eigenvalue weighted by Crippen LogP contribution is -2.41. The number of rotatable bonds is 22. The number of nitrogens with zero attached hydrogens (tertiary/aromatic N) is 10.